The van der Waals surface area contributed by atoms with Gasteiger partial charge in [0.2, 0.25) is 0 Å². The minimum atomic E-state index is -0.00937. The second-order valence-corrected chi connectivity index (χ2v) is 5.72. The van der Waals surface area contributed by atoms with E-state index in [2.05, 4.69) is 20.6 Å². The van der Waals surface area contributed by atoms with Crippen LogP contribution in [0.5, 0.6) is 5.75 Å². The molecule has 2 rings (SSSR count). The molecule has 0 aliphatic heterocycles. The van der Waals surface area contributed by atoms with Crippen LogP contribution in [0.1, 0.15) is 19.5 Å². The maximum Gasteiger partial charge on any atom is 0.191 e. The zero-order valence-corrected chi connectivity index (χ0v) is 17.5. The molecule has 25 heavy (non-hydrogen) atoms. The third-order valence-corrected chi connectivity index (χ3v) is 3.43. The van der Waals surface area contributed by atoms with Crippen molar-refractivity contribution in [2.45, 2.75) is 26.5 Å². The Balaban J connectivity index is 0.00000312. The zero-order chi connectivity index (χ0) is 17.2. The van der Waals surface area contributed by atoms with E-state index in [1.54, 1.807) is 6.20 Å². The third kappa shape index (κ3) is 8.40. The van der Waals surface area contributed by atoms with Gasteiger partial charge in [-0.15, -0.1) is 24.0 Å². The summed E-state index contributed by atoms with van der Waals surface area (Å²) in [5.41, 5.74) is 0.931. The Morgan fingerprint density at radius 1 is 1.20 bits per heavy atom. The molecule has 0 aliphatic carbocycles. The second-order valence-electron chi connectivity index (χ2n) is 5.28. The predicted octanol–water partition coefficient (Wildman–Crippen LogP) is 3.88. The standard InChI is InChI=1S/C18H23ClN4O.HI/c1-3-20-18(23-13-16-6-4-5-11-21-16)22-12-14(2)24-17-9-7-15(19)8-10-17;/h4-11,14H,3,12-13H2,1-2H3,(H2,20,22,23);1H. The molecule has 0 aliphatic rings. The summed E-state index contributed by atoms with van der Waals surface area (Å²) < 4.78 is 5.84. The van der Waals surface area contributed by atoms with E-state index in [-0.39, 0.29) is 30.1 Å². The minimum absolute atomic E-state index is 0. The number of nitrogens with one attached hydrogen (secondary N) is 2. The van der Waals surface area contributed by atoms with E-state index in [1.807, 2.05) is 56.3 Å². The van der Waals surface area contributed by atoms with Gasteiger partial charge in [-0.1, -0.05) is 17.7 Å². The van der Waals surface area contributed by atoms with Crippen molar-refractivity contribution in [2.24, 2.45) is 4.99 Å². The summed E-state index contributed by atoms with van der Waals surface area (Å²) in [5.74, 6) is 1.54. The fourth-order valence-electron chi connectivity index (χ4n) is 2.02. The van der Waals surface area contributed by atoms with Gasteiger partial charge in [0.25, 0.3) is 0 Å². The molecule has 0 bridgehead atoms. The molecule has 1 aromatic carbocycles. The third-order valence-electron chi connectivity index (χ3n) is 3.18. The van der Waals surface area contributed by atoms with Crippen molar-refractivity contribution in [3.8, 4) is 5.75 Å². The smallest absolute Gasteiger partial charge is 0.191 e. The number of halogens is 2. The first-order valence-electron chi connectivity index (χ1n) is 8.01. The molecule has 0 fully saturated rings. The summed E-state index contributed by atoms with van der Waals surface area (Å²) in [7, 11) is 0. The second kappa shape index (κ2) is 11.9. The van der Waals surface area contributed by atoms with Crippen LogP contribution in [0.15, 0.2) is 53.7 Å². The Bertz CT molecular complexity index is 637. The Morgan fingerprint density at radius 2 is 1.96 bits per heavy atom. The van der Waals surface area contributed by atoms with Crippen LogP contribution in [0.3, 0.4) is 0 Å². The molecule has 136 valence electrons. The Kier molecular flexibility index (Phi) is 10.3. The van der Waals surface area contributed by atoms with Gasteiger partial charge >= 0.3 is 0 Å². The predicted molar refractivity (Wildman–Crippen MR) is 114 cm³/mol. The highest BCUT2D eigenvalue weighted by Gasteiger charge is 2.06. The van der Waals surface area contributed by atoms with Gasteiger partial charge in [0, 0.05) is 17.8 Å². The fourth-order valence-corrected chi connectivity index (χ4v) is 2.15. The number of aliphatic imine (C=N–C) groups is 1. The summed E-state index contributed by atoms with van der Waals surface area (Å²) in [5, 5.41) is 7.20. The number of nitrogens with zero attached hydrogens (tertiary/aromatic N) is 2. The lowest BCUT2D eigenvalue weighted by Gasteiger charge is -2.17. The monoisotopic (exact) mass is 474 g/mol. The summed E-state index contributed by atoms with van der Waals surface area (Å²) in [4.78, 5) is 8.80. The average Bonchev–Trinajstić information content (AvgIpc) is 2.60. The van der Waals surface area contributed by atoms with Crippen molar-refractivity contribution >= 4 is 41.5 Å². The number of hydrogen-bond acceptors (Lipinski definition) is 3. The van der Waals surface area contributed by atoms with Gasteiger partial charge in [0.1, 0.15) is 11.9 Å². The Hall–Kier alpha value is -1.54. The summed E-state index contributed by atoms with van der Waals surface area (Å²) >= 11 is 5.87. The maximum absolute atomic E-state index is 5.87. The highest BCUT2D eigenvalue weighted by molar-refractivity contribution is 14.0. The van der Waals surface area contributed by atoms with Crippen LogP contribution in [0.2, 0.25) is 5.02 Å². The number of guanidine groups is 1. The van der Waals surface area contributed by atoms with E-state index in [9.17, 15) is 0 Å². The number of pyridine rings is 1. The molecule has 0 spiro atoms. The molecule has 5 nitrogen and oxygen atoms in total. The van der Waals surface area contributed by atoms with Gasteiger partial charge in [0.15, 0.2) is 5.96 Å². The van der Waals surface area contributed by atoms with Crippen LogP contribution in [0.4, 0.5) is 0 Å². The molecular formula is C18H24ClIN4O. The molecule has 1 heterocycles. The number of hydrogen-bond donors (Lipinski definition) is 2. The van der Waals surface area contributed by atoms with Gasteiger partial charge in [-0.05, 0) is 50.2 Å². The highest BCUT2D eigenvalue weighted by Crippen LogP contribution is 2.16. The van der Waals surface area contributed by atoms with E-state index in [0.717, 1.165) is 23.9 Å². The molecule has 1 unspecified atom stereocenters. The van der Waals surface area contributed by atoms with Crippen LogP contribution in [-0.2, 0) is 6.54 Å². The fraction of sp³-hybridized carbons (Fsp3) is 0.333. The molecule has 7 heteroatoms. The first-order chi connectivity index (χ1) is 11.7. The number of benzene rings is 1. The summed E-state index contributed by atoms with van der Waals surface area (Å²) in [6.07, 6.45) is 1.76. The quantitative estimate of drug-likeness (QED) is 0.363. The molecule has 0 radical (unpaired) electrons. The average molecular weight is 475 g/mol. The van der Waals surface area contributed by atoms with Crippen LogP contribution in [0.25, 0.3) is 0 Å². The largest absolute Gasteiger partial charge is 0.489 e. The maximum atomic E-state index is 5.87. The molecule has 2 N–H and O–H groups in total. The van der Waals surface area contributed by atoms with Crippen LogP contribution in [0, 0.1) is 0 Å². The number of ether oxygens (including phenoxy) is 1. The van der Waals surface area contributed by atoms with Gasteiger partial charge < -0.3 is 15.4 Å². The first-order valence-corrected chi connectivity index (χ1v) is 8.39. The van der Waals surface area contributed by atoms with Gasteiger partial charge in [0.05, 0.1) is 18.8 Å². The molecule has 2 aromatic rings. The molecule has 1 aromatic heterocycles. The molecule has 0 saturated carbocycles. The van der Waals surface area contributed by atoms with Gasteiger partial charge in [-0.3, -0.25) is 4.98 Å². The van der Waals surface area contributed by atoms with Crippen LogP contribution < -0.4 is 15.4 Å². The van der Waals surface area contributed by atoms with Crippen molar-refractivity contribution in [3.05, 3.63) is 59.4 Å². The number of rotatable bonds is 7. The molecule has 1 atom stereocenters. The zero-order valence-electron chi connectivity index (χ0n) is 14.4. The van der Waals surface area contributed by atoms with E-state index in [1.165, 1.54) is 0 Å². The van der Waals surface area contributed by atoms with Crippen LogP contribution >= 0.6 is 35.6 Å². The van der Waals surface area contributed by atoms with Gasteiger partial charge in [-0.25, -0.2) is 4.99 Å². The van der Waals surface area contributed by atoms with Crippen molar-refractivity contribution < 1.29 is 4.74 Å². The van der Waals surface area contributed by atoms with E-state index in [0.29, 0.717) is 18.1 Å². The van der Waals surface area contributed by atoms with Crippen molar-refractivity contribution in [1.29, 1.82) is 0 Å². The lowest BCUT2D eigenvalue weighted by Crippen LogP contribution is -2.41. The Morgan fingerprint density at radius 3 is 2.60 bits per heavy atom. The van der Waals surface area contributed by atoms with E-state index in [4.69, 9.17) is 16.3 Å². The molecular weight excluding hydrogens is 451 g/mol. The van der Waals surface area contributed by atoms with Crippen molar-refractivity contribution in [2.75, 3.05) is 13.1 Å². The lowest BCUT2D eigenvalue weighted by molar-refractivity contribution is 0.224. The van der Waals surface area contributed by atoms with Crippen molar-refractivity contribution in [1.82, 2.24) is 15.6 Å². The SMILES string of the molecule is CCNC(=NCc1ccccn1)NCC(C)Oc1ccc(Cl)cc1.I. The number of aromatic nitrogens is 1. The topological polar surface area (TPSA) is 58.5 Å². The molecule has 0 amide bonds. The van der Waals surface area contributed by atoms with Gasteiger partial charge in [-0.2, -0.15) is 0 Å². The van der Waals surface area contributed by atoms with E-state index >= 15 is 0 Å². The summed E-state index contributed by atoms with van der Waals surface area (Å²) in [6.45, 7) is 6.00. The Labute approximate surface area is 171 Å². The molecule has 0 saturated heterocycles. The lowest BCUT2D eigenvalue weighted by atomic mass is 10.3. The first kappa shape index (κ1) is 21.5. The van der Waals surface area contributed by atoms with Crippen LogP contribution in [-0.4, -0.2) is 30.1 Å². The van der Waals surface area contributed by atoms with Crippen molar-refractivity contribution in [3.63, 3.8) is 0 Å². The normalized spacial score (nSPS) is 12.0. The van der Waals surface area contributed by atoms with E-state index < -0.39 is 0 Å². The highest BCUT2D eigenvalue weighted by atomic mass is 127. The summed E-state index contributed by atoms with van der Waals surface area (Å²) in [6, 6.07) is 13.2. The minimum Gasteiger partial charge on any atom is -0.489 e.